The van der Waals surface area contributed by atoms with Crippen molar-refractivity contribution in [2.24, 2.45) is 10.4 Å². The minimum atomic E-state index is 0. The maximum Gasteiger partial charge on any atom is 0.222 e. The fraction of sp³-hybridized carbons (Fsp3) is 0.905. The van der Waals surface area contributed by atoms with Crippen molar-refractivity contribution in [1.82, 2.24) is 15.1 Å². The molecule has 2 heterocycles. The van der Waals surface area contributed by atoms with Crippen molar-refractivity contribution in [1.29, 1.82) is 0 Å². The van der Waals surface area contributed by atoms with Gasteiger partial charge in [-0.05, 0) is 50.9 Å². The first-order valence-electron chi connectivity index (χ1n) is 11.0. The molecule has 0 aromatic heterocycles. The number of guanidine groups is 1. The Hall–Kier alpha value is -0.530. The second kappa shape index (κ2) is 11.5. The van der Waals surface area contributed by atoms with Crippen molar-refractivity contribution < 1.29 is 4.79 Å². The Kier molecular flexibility index (Phi) is 9.66. The van der Waals surface area contributed by atoms with Gasteiger partial charge in [0.2, 0.25) is 5.91 Å². The summed E-state index contributed by atoms with van der Waals surface area (Å²) in [7, 11) is 0. The molecule has 2 aliphatic heterocycles. The number of aliphatic imine (C=N–C) groups is 1. The Labute approximate surface area is 182 Å². The van der Waals surface area contributed by atoms with Gasteiger partial charge in [0.15, 0.2) is 5.96 Å². The normalized spacial score (nSPS) is 23.3. The van der Waals surface area contributed by atoms with E-state index in [0.717, 1.165) is 64.4 Å². The van der Waals surface area contributed by atoms with E-state index in [0.29, 0.717) is 11.3 Å². The fourth-order valence-corrected chi connectivity index (χ4v) is 4.97. The lowest BCUT2D eigenvalue weighted by atomic mass is 9.73. The van der Waals surface area contributed by atoms with Gasteiger partial charge in [-0.3, -0.25) is 9.79 Å². The van der Waals surface area contributed by atoms with Crippen LogP contribution < -0.4 is 5.32 Å². The van der Waals surface area contributed by atoms with Crippen LogP contribution in [0.2, 0.25) is 0 Å². The Balaban J connectivity index is 0.00000261. The number of carbonyl (C=O) groups excluding carboxylic acids is 1. The summed E-state index contributed by atoms with van der Waals surface area (Å²) in [5.41, 5.74) is 0.562. The third-order valence-corrected chi connectivity index (χ3v) is 6.51. The van der Waals surface area contributed by atoms with Crippen molar-refractivity contribution >= 4 is 35.8 Å². The van der Waals surface area contributed by atoms with Crippen LogP contribution in [0.5, 0.6) is 0 Å². The van der Waals surface area contributed by atoms with Gasteiger partial charge in [-0.25, -0.2) is 0 Å². The fourth-order valence-electron chi connectivity index (χ4n) is 4.97. The molecule has 3 rings (SSSR count). The second-order valence-corrected chi connectivity index (χ2v) is 8.51. The molecule has 1 spiro atoms. The predicted molar refractivity (Wildman–Crippen MR) is 123 cm³/mol. The van der Waals surface area contributed by atoms with Crippen molar-refractivity contribution in [2.75, 3.05) is 39.3 Å². The summed E-state index contributed by atoms with van der Waals surface area (Å²) in [6.45, 7) is 8.03. The zero-order chi connectivity index (χ0) is 18.2. The Bertz CT molecular complexity index is 491. The van der Waals surface area contributed by atoms with Crippen LogP contribution in [-0.4, -0.2) is 60.9 Å². The minimum Gasteiger partial charge on any atom is -0.357 e. The van der Waals surface area contributed by atoms with Crippen LogP contribution in [0.3, 0.4) is 0 Å². The molecule has 27 heavy (non-hydrogen) atoms. The molecule has 0 aromatic carbocycles. The third-order valence-electron chi connectivity index (χ3n) is 6.51. The van der Waals surface area contributed by atoms with E-state index in [-0.39, 0.29) is 24.0 Å². The highest BCUT2D eigenvalue weighted by Crippen LogP contribution is 2.43. The number of hydrogen-bond acceptors (Lipinski definition) is 2. The van der Waals surface area contributed by atoms with E-state index in [1.54, 1.807) is 0 Å². The lowest BCUT2D eigenvalue weighted by Gasteiger charge is -2.33. The number of nitrogens with zero attached hydrogens (tertiary/aromatic N) is 3. The van der Waals surface area contributed by atoms with Gasteiger partial charge in [-0.1, -0.05) is 25.7 Å². The average Bonchev–Trinajstić information content (AvgIpc) is 2.93. The number of nitrogens with one attached hydrogen (secondary N) is 1. The van der Waals surface area contributed by atoms with E-state index in [2.05, 4.69) is 22.0 Å². The topological polar surface area (TPSA) is 47.9 Å². The van der Waals surface area contributed by atoms with Crippen LogP contribution in [0.4, 0.5) is 0 Å². The number of halogens is 1. The highest BCUT2D eigenvalue weighted by atomic mass is 127. The standard InChI is InChI=1S/C21H38N4O.HI/c1-2-22-20(25-17-13-21(18-25)11-6-4-7-12-21)23-14-9-16-24-15-8-3-5-10-19(24)26;/h2-18H2,1H3,(H,22,23);1H. The van der Waals surface area contributed by atoms with Crippen molar-refractivity contribution in [3.63, 3.8) is 0 Å². The molecule has 0 bridgehead atoms. The number of amides is 1. The highest BCUT2D eigenvalue weighted by molar-refractivity contribution is 14.0. The zero-order valence-corrected chi connectivity index (χ0v) is 19.5. The monoisotopic (exact) mass is 490 g/mol. The second-order valence-electron chi connectivity index (χ2n) is 8.51. The summed E-state index contributed by atoms with van der Waals surface area (Å²) in [6, 6.07) is 0. The van der Waals surface area contributed by atoms with Gasteiger partial charge < -0.3 is 15.1 Å². The molecule has 3 aliphatic rings. The lowest BCUT2D eigenvalue weighted by Crippen LogP contribution is -2.41. The van der Waals surface area contributed by atoms with E-state index in [1.165, 1.54) is 51.5 Å². The van der Waals surface area contributed by atoms with Crippen LogP contribution in [-0.2, 0) is 4.79 Å². The summed E-state index contributed by atoms with van der Waals surface area (Å²) >= 11 is 0. The minimum absolute atomic E-state index is 0. The van der Waals surface area contributed by atoms with Gasteiger partial charge in [0, 0.05) is 45.7 Å². The van der Waals surface area contributed by atoms with Gasteiger partial charge in [0.05, 0.1) is 0 Å². The lowest BCUT2D eigenvalue weighted by molar-refractivity contribution is -0.130. The van der Waals surface area contributed by atoms with Crippen LogP contribution >= 0.6 is 24.0 Å². The number of likely N-dealkylation sites (tertiary alicyclic amines) is 2. The first-order valence-corrected chi connectivity index (χ1v) is 11.0. The number of rotatable bonds is 5. The molecule has 0 aromatic rings. The largest absolute Gasteiger partial charge is 0.357 e. The van der Waals surface area contributed by atoms with E-state index < -0.39 is 0 Å². The molecule has 0 atom stereocenters. The van der Waals surface area contributed by atoms with Crippen molar-refractivity contribution in [3.05, 3.63) is 0 Å². The summed E-state index contributed by atoms with van der Waals surface area (Å²) in [5.74, 6) is 1.44. The molecule has 0 radical (unpaired) electrons. The van der Waals surface area contributed by atoms with Gasteiger partial charge in [0.25, 0.3) is 0 Å². The smallest absolute Gasteiger partial charge is 0.222 e. The quantitative estimate of drug-likeness (QED) is 0.274. The Morgan fingerprint density at radius 1 is 1.07 bits per heavy atom. The summed E-state index contributed by atoms with van der Waals surface area (Å²) in [4.78, 5) is 21.5. The molecule has 1 aliphatic carbocycles. The Morgan fingerprint density at radius 3 is 2.63 bits per heavy atom. The average molecular weight is 490 g/mol. The molecule has 1 amide bonds. The molecule has 1 N–H and O–H groups in total. The summed E-state index contributed by atoms with van der Waals surface area (Å²) in [6.07, 6.45) is 13.5. The third kappa shape index (κ3) is 6.50. The Morgan fingerprint density at radius 2 is 1.85 bits per heavy atom. The molecule has 0 unspecified atom stereocenters. The highest BCUT2D eigenvalue weighted by Gasteiger charge is 2.39. The maximum absolute atomic E-state index is 12.1. The van der Waals surface area contributed by atoms with E-state index in [4.69, 9.17) is 4.99 Å². The van der Waals surface area contributed by atoms with Crippen LogP contribution in [0.15, 0.2) is 4.99 Å². The van der Waals surface area contributed by atoms with Gasteiger partial charge in [-0.15, -0.1) is 24.0 Å². The van der Waals surface area contributed by atoms with Gasteiger partial charge in [0.1, 0.15) is 0 Å². The molecular formula is C21H39IN4O. The van der Waals surface area contributed by atoms with E-state index >= 15 is 0 Å². The summed E-state index contributed by atoms with van der Waals surface area (Å²) < 4.78 is 0. The number of hydrogen-bond donors (Lipinski definition) is 1. The molecule has 2 saturated heterocycles. The molecule has 3 fully saturated rings. The maximum atomic E-state index is 12.1. The van der Waals surface area contributed by atoms with Gasteiger partial charge in [-0.2, -0.15) is 0 Å². The molecule has 6 heteroatoms. The van der Waals surface area contributed by atoms with Crippen LogP contribution in [0.25, 0.3) is 0 Å². The zero-order valence-electron chi connectivity index (χ0n) is 17.2. The van der Waals surface area contributed by atoms with E-state index in [1.807, 2.05) is 0 Å². The molecule has 156 valence electrons. The van der Waals surface area contributed by atoms with Gasteiger partial charge >= 0.3 is 0 Å². The number of carbonyl (C=O) groups is 1. The van der Waals surface area contributed by atoms with Crippen LogP contribution in [0, 0.1) is 5.41 Å². The van der Waals surface area contributed by atoms with Crippen molar-refractivity contribution in [3.8, 4) is 0 Å². The summed E-state index contributed by atoms with van der Waals surface area (Å²) in [5, 5.41) is 3.50. The molecule has 1 saturated carbocycles. The SMILES string of the molecule is CCNC(=NCCCN1CCCCCC1=O)N1CCC2(CCCCC2)C1.I. The van der Waals surface area contributed by atoms with E-state index in [9.17, 15) is 4.79 Å². The first-order chi connectivity index (χ1) is 12.7. The molecule has 5 nitrogen and oxygen atoms in total. The van der Waals surface area contributed by atoms with Crippen molar-refractivity contribution in [2.45, 2.75) is 77.6 Å². The first kappa shape index (κ1) is 22.8. The molecular weight excluding hydrogens is 451 g/mol. The predicted octanol–water partition coefficient (Wildman–Crippen LogP) is 4.02. The van der Waals surface area contributed by atoms with Crippen LogP contribution in [0.1, 0.15) is 77.6 Å².